The molecule has 0 aliphatic carbocycles. The van der Waals surface area contributed by atoms with Gasteiger partial charge in [-0.15, -0.1) is 0 Å². The smallest absolute Gasteiger partial charge is 0.306 e. The maximum absolute atomic E-state index is 11.9. The molecule has 196 valence electrons. The number of carbonyl (C=O) groups excluding carboxylic acids is 2. The quantitative estimate of drug-likeness (QED) is 0.0990. The van der Waals surface area contributed by atoms with E-state index in [1.165, 1.54) is 57.8 Å². The summed E-state index contributed by atoms with van der Waals surface area (Å²) >= 11 is 0. The summed E-state index contributed by atoms with van der Waals surface area (Å²) in [5, 5.41) is 0. The van der Waals surface area contributed by atoms with Gasteiger partial charge >= 0.3 is 11.9 Å². The zero-order chi connectivity index (χ0) is 24.4. The van der Waals surface area contributed by atoms with E-state index in [0.717, 1.165) is 70.6 Å². The Bertz CT molecular complexity index is 435. The van der Waals surface area contributed by atoms with E-state index in [1.54, 1.807) is 0 Å². The Morgan fingerprint density at radius 2 is 1.00 bits per heavy atom. The highest BCUT2D eigenvalue weighted by molar-refractivity contribution is 5.69. The normalized spacial score (nSPS) is 12.0. The van der Waals surface area contributed by atoms with Crippen LogP contribution in [0, 0.1) is 0 Å². The van der Waals surface area contributed by atoms with Gasteiger partial charge in [-0.25, -0.2) is 0 Å². The van der Waals surface area contributed by atoms with Crippen molar-refractivity contribution in [3.05, 3.63) is 0 Å². The Balaban J connectivity index is 3.36. The fourth-order valence-electron chi connectivity index (χ4n) is 4.12. The largest absolute Gasteiger partial charge is 0.466 e. The third-order valence-corrected chi connectivity index (χ3v) is 6.41. The first-order valence-corrected chi connectivity index (χ1v) is 14.5. The zero-order valence-corrected chi connectivity index (χ0v) is 22.5. The first-order chi connectivity index (χ1) is 16.1. The maximum atomic E-state index is 11.9. The van der Waals surface area contributed by atoms with E-state index in [2.05, 4.69) is 20.8 Å². The summed E-state index contributed by atoms with van der Waals surface area (Å²) in [6.45, 7) is 7.09. The second-order valence-corrected chi connectivity index (χ2v) is 9.69. The minimum Gasteiger partial charge on any atom is -0.466 e. The molecule has 0 aromatic rings. The number of carbonyl (C=O) groups is 2. The summed E-state index contributed by atoms with van der Waals surface area (Å²) in [5.74, 6) is -0.0784. The molecule has 0 spiro atoms. The molecule has 0 aliphatic heterocycles. The van der Waals surface area contributed by atoms with Crippen molar-refractivity contribution in [1.29, 1.82) is 0 Å². The van der Waals surface area contributed by atoms with Crippen LogP contribution in [0.15, 0.2) is 0 Å². The minimum absolute atomic E-state index is 0.0388. The summed E-state index contributed by atoms with van der Waals surface area (Å²) in [6.07, 6.45) is 24.5. The van der Waals surface area contributed by atoms with Crippen molar-refractivity contribution in [2.24, 2.45) is 0 Å². The zero-order valence-electron chi connectivity index (χ0n) is 22.5. The van der Waals surface area contributed by atoms with E-state index >= 15 is 0 Å². The van der Waals surface area contributed by atoms with E-state index in [-0.39, 0.29) is 18.0 Å². The van der Waals surface area contributed by atoms with Crippen LogP contribution in [-0.2, 0) is 19.1 Å². The van der Waals surface area contributed by atoms with E-state index in [4.69, 9.17) is 9.47 Å². The van der Waals surface area contributed by atoms with Crippen molar-refractivity contribution in [1.82, 2.24) is 0 Å². The van der Waals surface area contributed by atoms with E-state index in [9.17, 15) is 9.59 Å². The monoisotopic (exact) mass is 468 g/mol. The third-order valence-electron chi connectivity index (χ3n) is 6.41. The van der Waals surface area contributed by atoms with Crippen LogP contribution in [0.3, 0.4) is 0 Å². The van der Waals surface area contributed by atoms with Crippen LogP contribution < -0.4 is 0 Å². The molecule has 0 N–H and O–H groups in total. The van der Waals surface area contributed by atoms with Crippen molar-refractivity contribution < 1.29 is 19.1 Å². The van der Waals surface area contributed by atoms with Crippen LogP contribution >= 0.6 is 0 Å². The lowest BCUT2D eigenvalue weighted by Crippen LogP contribution is -2.17. The molecule has 0 bridgehead atoms. The SMILES string of the molecule is CCCCCCCCCCCCOC(=O)CCCCCCCCC(=O)OC(CC)CCCC. The van der Waals surface area contributed by atoms with Crippen molar-refractivity contribution >= 4 is 11.9 Å². The summed E-state index contributed by atoms with van der Waals surface area (Å²) in [5.41, 5.74) is 0. The molecule has 0 rings (SSSR count). The van der Waals surface area contributed by atoms with Crippen LogP contribution in [0.25, 0.3) is 0 Å². The van der Waals surface area contributed by atoms with Gasteiger partial charge in [-0.3, -0.25) is 9.59 Å². The lowest BCUT2D eigenvalue weighted by atomic mass is 10.1. The maximum Gasteiger partial charge on any atom is 0.306 e. The molecular weight excluding hydrogens is 412 g/mol. The minimum atomic E-state index is -0.0396. The van der Waals surface area contributed by atoms with Gasteiger partial charge in [0.15, 0.2) is 0 Å². The topological polar surface area (TPSA) is 52.6 Å². The van der Waals surface area contributed by atoms with Gasteiger partial charge in [-0.05, 0) is 32.1 Å². The van der Waals surface area contributed by atoms with Crippen LogP contribution in [0.1, 0.15) is 162 Å². The average molecular weight is 469 g/mol. The van der Waals surface area contributed by atoms with Gasteiger partial charge in [0.05, 0.1) is 6.61 Å². The van der Waals surface area contributed by atoms with E-state index in [1.807, 2.05) is 0 Å². The summed E-state index contributed by atoms with van der Waals surface area (Å²) in [4.78, 5) is 23.7. The molecular formula is C29H56O4. The number of hydrogen-bond donors (Lipinski definition) is 0. The van der Waals surface area contributed by atoms with Gasteiger partial charge in [0.1, 0.15) is 6.10 Å². The average Bonchev–Trinajstić information content (AvgIpc) is 2.81. The van der Waals surface area contributed by atoms with Crippen molar-refractivity contribution in [3.63, 3.8) is 0 Å². The first kappa shape index (κ1) is 31.9. The van der Waals surface area contributed by atoms with Crippen molar-refractivity contribution in [2.45, 2.75) is 168 Å². The molecule has 4 heteroatoms. The van der Waals surface area contributed by atoms with Gasteiger partial charge in [0.2, 0.25) is 0 Å². The number of esters is 2. The molecule has 4 nitrogen and oxygen atoms in total. The lowest BCUT2D eigenvalue weighted by Gasteiger charge is -2.15. The molecule has 1 atom stereocenters. The van der Waals surface area contributed by atoms with Gasteiger partial charge < -0.3 is 9.47 Å². The molecule has 0 amide bonds. The molecule has 0 heterocycles. The highest BCUT2D eigenvalue weighted by atomic mass is 16.5. The van der Waals surface area contributed by atoms with Gasteiger partial charge in [-0.2, -0.15) is 0 Å². The first-order valence-electron chi connectivity index (χ1n) is 14.5. The molecule has 0 radical (unpaired) electrons. The van der Waals surface area contributed by atoms with E-state index < -0.39 is 0 Å². The molecule has 0 aliphatic rings. The molecule has 0 aromatic heterocycles. The van der Waals surface area contributed by atoms with Crippen molar-refractivity contribution in [3.8, 4) is 0 Å². The van der Waals surface area contributed by atoms with Gasteiger partial charge in [0, 0.05) is 12.8 Å². The second kappa shape index (κ2) is 25.6. The molecule has 0 fully saturated rings. The van der Waals surface area contributed by atoms with E-state index in [0.29, 0.717) is 19.4 Å². The standard InChI is InChI=1S/C29H56O4/c1-4-7-9-10-11-12-13-16-19-22-26-32-28(30)24-20-17-14-15-18-21-25-29(31)33-27(6-3)23-8-5-2/h27H,4-26H2,1-3H3. The van der Waals surface area contributed by atoms with Crippen LogP contribution in [0.5, 0.6) is 0 Å². The number of hydrogen-bond acceptors (Lipinski definition) is 4. The van der Waals surface area contributed by atoms with Crippen LogP contribution in [-0.4, -0.2) is 24.6 Å². The number of ether oxygens (including phenoxy) is 2. The molecule has 33 heavy (non-hydrogen) atoms. The number of unbranched alkanes of at least 4 members (excludes halogenated alkanes) is 15. The Morgan fingerprint density at radius 3 is 1.52 bits per heavy atom. The Kier molecular flexibility index (Phi) is 24.7. The fraction of sp³-hybridized carbons (Fsp3) is 0.931. The highest BCUT2D eigenvalue weighted by Crippen LogP contribution is 2.13. The van der Waals surface area contributed by atoms with Crippen LogP contribution in [0.2, 0.25) is 0 Å². The Labute approximate surface area is 206 Å². The summed E-state index contributed by atoms with van der Waals surface area (Å²) in [7, 11) is 0. The Hall–Kier alpha value is -1.06. The molecule has 0 saturated heterocycles. The van der Waals surface area contributed by atoms with Gasteiger partial charge in [0.25, 0.3) is 0 Å². The molecule has 0 saturated carbocycles. The predicted molar refractivity (Wildman–Crippen MR) is 139 cm³/mol. The molecule has 0 aromatic carbocycles. The van der Waals surface area contributed by atoms with Crippen molar-refractivity contribution in [2.75, 3.05) is 6.61 Å². The second-order valence-electron chi connectivity index (χ2n) is 9.69. The van der Waals surface area contributed by atoms with Crippen LogP contribution in [0.4, 0.5) is 0 Å². The summed E-state index contributed by atoms with van der Waals surface area (Å²) < 4.78 is 10.9. The highest BCUT2D eigenvalue weighted by Gasteiger charge is 2.11. The number of rotatable bonds is 25. The third kappa shape index (κ3) is 23.9. The lowest BCUT2D eigenvalue weighted by molar-refractivity contribution is -0.149. The fourth-order valence-corrected chi connectivity index (χ4v) is 4.12. The summed E-state index contributed by atoms with van der Waals surface area (Å²) in [6, 6.07) is 0. The Morgan fingerprint density at radius 1 is 0.545 bits per heavy atom. The predicted octanol–water partition coefficient (Wildman–Crippen LogP) is 9.08. The molecule has 1 unspecified atom stereocenters. The van der Waals surface area contributed by atoms with Gasteiger partial charge in [-0.1, -0.05) is 117 Å².